The largest absolute Gasteiger partial charge is 0.477 e. The molecule has 2 aromatic rings. The maximum Gasteiger partial charge on any atom is 0.224 e. The predicted molar refractivity (Wildman–Crippen MR) is 84.7 cm³/mol. The average Bonchev–Trinajstić information content (AvgIpc) is 2.52. The summed E-state index contributed by atoms with van der Waals surface area (Å²) in [6, 6.07) is 5.50. The second-order valence-corrected chi connectivity index (χ2v) is 6.14. The van der Waals surface area contributed by atoms with E-state index in [9.17, 15) is 4.79 Å². The monoisotopic (exact) mass is 319 g/mol. The number of halogens is 1. The van der Waals surface area contributed by atoms with Gasteiger partial charge in [0.2, 0.25) is 11.8 Å². The van der Waals surface area contributed by atoms with Gasteiger partial charge in [-0.05, 0) is 43.7 Å². The molecule has 1 fully saturated rings. The van der Waals surface area contributed by atoms with E-state index in [0.29, 0.717) is 23.6 Å². The van der Waals surface area contributed by atoms with Crippen LogP contribution in [0.4, 0.5) is 0 Å². The Bertz CT molecular complexity index is 684. The first-order chi connectivity index (χ1) is 10.6. The fourth-order valence-corrected chi connectivity index (χ4v) is 3.12. The number of carbonyl (C=O) groups is 1. The van der Waals surface area contributed by atoms with Gasteiger partial charge < -0.3 is 10.5 Å². The summed E-state index contributed by atoms with van der Waals surface area (Å²) in [5.74, 6) is 0.772. The van der Waals surface area contributed by atoms with Crippen LogP contribution in [-0.2, 0) is 4.79 Å². The summed E-state index contributed by atoms with van der Waals surface area (Å²) in [4.78, 5) is 19.7. The Morgan fingerprint density at radius 1 is 1.36 bits per heavy atom. The highest BCUT2D eigenvalue weighted by molar-refractivity contribution is 6.30. The van der Waals surface area contributed by atoms with E-state index in [1.807, 2.05) is 12.1 Å². The van der Waals surface area contributed by atoms with Crippen LogP contribution in [0.2, 0.25) is 5.15 Å². The molecule has 1 aliphatic rings. The van der Waals surface area contributed by atoms with Crippen LogP contribution in [0.3, 0.4) is 0 Å². The van der Waals surface area contributed by atoms with Crippen molar-refractivity contribution < 1.29 is 9.53 Å². The summed E-state index contributed by atoms with van der Waals surface area (Å²) < 4.78 is 5.88. The Morgan fingerprint density at radius 2 is 2.14 bits per heavy atom. The molecule has 0 saturated heterocycles. The number of pyridine rings is 2. The van der Waals surface area contributed by atoms with Gasteiger partial charge in [0, 0.05) is 18.2 Å². The van der Waals surface area contributed by atoms with Crippen LogP contribution < -0.4 is 10.5 Å². The molecule has 22 heavy (non-hydrogen) atoms. The predicted octanol–water partition coefficient (Wildman–Crippen LogP) is 2.95. The highest BCUT2D eigenvalue weighted by atomic mass is 35.5. The Morgan fingerprint density at radius 3 is 2.86 bits per heavy atom. The minimum Gasteiger partial charge on any atom is -0.477 e. The second kappa shape index (κ2) is 6.48. The molecule has 5 nitrogen and oxygen atoms in total. The molecule has 0 bridgehead atoms. The van der Waals surface area contributed by atoms with Crippen molar-refractivity contribution in [3.8, 4) is 5.88 Å². The number of nitrogens with zero attached hydrogens (tertiary/aromatic N) is 2. The number of ether oxygens (including phenoxy) is 1. The Kier molecular flexibility index (Phi) is 4.43. The third kappa shape index (κ3) is 3.30. The van der Waals surface area contributed by atoms with E-state index in [1.165, 1.54) is 0 Å². The molecule has 2 N–H and O–H groups in total. The first kappa shape index (κ1) is 15.0. The van der Waals surface area contributed by atoms with E-state index < -0.39 is 0 Å². The number of amides is 1. The molecule has 1 aliphatic carbocycles. The van der Waals surface area contributed by atoms with Crippen molar-refractivity contribution in [2.24, 2.45) is 17.6 Å². The van der Waals surface area contributed by atoms with Crippen LogP contribution in [0.5, 0.6) is 5.88 Å². The van der Waals surface area contributed by atoms with Crippen molar-refractivity contribution in [2.45, 2.75) is 25.7 Å². The summed E-state index contributed by atoms with van der Waals surface area (Å²) in [6.45, 7) is 0.572. The number of hydrogen-bond donors (Lipinski definition) is 1. The summed E-state index contributed by atoms with van der Waals surface area (Å²) in [6.07, 6.45) is 5.30. The number of hydrogen-bond acceptors (Lipinski definition) is 4. The normalized spacial score (nSPS) is 21.7. The molecular formula is C16H18ClN3O2. The van der Waals surface area contributed by atoms with Crippen LogP contribution in [0.15, 0.2) is 24.4 Å². The van der Waals surface area contributed by atoms with Crippen molar-refractivity contribution in [3.63, 3.8) is 0 Å². The number of rotatable bonds is 4. The van der Waals surface area contributed by atoms with Gasteiger partial charge in [-0.15, -0.1) is 0 Å². The molecular weight excluding hydrogens is 302 g/mol. The minimum atomic E-state index is -0.187. The van der Waals surface area contributed by atoms with Crippen LogP contribution in [0.25, 0.3) is 10.9 Å². The lowest BCUT2D eigenvalue weighted by Crippen LogP contribution is -2.29. The van der Waals surface area contributed by atoms with Gasteiger partial charge in [0.15, 0.2) is 0 Å². The van der Waals surface area contributed by atoms with E-state index >= 15 is 0 Å². The number of carbonyl (C=O) groups excluding carboxylic acids is 1. The molecule has 2 heterocycles. The fraction of sp³-hybridized carbons (Fsp3) is 0.438. The average molecular weight is 320 g/mol. The third-order valence-electron chi connectivity index (χ3n) is 4.24. The van der Waals surface area contributed by atoms with Gasteiger partial charge in [0.1, 0.15) is 5.15 Å². The zero-order chi connectivity index (χ0) is 15.5. The SMILES string of the molecule is NC(=O)[C@H]1CC[C@@H](COc2nc(Cl)cc3ncccc23)CC1. The Hall–Kier alpha value is -1.88. The van der Waals surface area contributed by atoms with Gasteiger partial charge >= 0.3 is 0 Å². The summed E-state index contributed by atoms with van der Waals surface area (Å²) in [5, 5.41) is 1.23. The molecule has 6 heteroatoms. The summed E-state index contributed by atoms with van der Waals surface area (Å²) in [7, 11) is 0. The highest BCUT2D eigenvalue weighted by Crippen LogP contribution is 2.30. The van der Waals surface area contributed by atoms with Gasteiger partial charge in [-0.2, -0.15) is 0 Å². The lowest BCUT2D eigenvalue weighted by Gasteiger charge is -2.26. The van der Waals surface area contributed by atoms with Gasteiger partial charge in [0.25, 0.3) is 0 Å². The number of fused-ring (bicyclic) bond motifs is 1. The smallest absolute Gasteiger partial charge is 0.224 e. The van der Waals surface area contributed by atoms with E-state index in [4.69, 9.17) is 22.1 Å². The number of nitrogens with two attached hydrogens (primary N) is 1. The zero-order valence-electron chi connectivity index (χ0n) is 12.2. The molecule has 3 rings (SSSR count). The molecule has 1 amide bonds. The maximum atomic E-state index is 11.2. The van der Waals surface area contributed by atoms with Crippen molar-refractivity contribution in [3.05, 3.63) is 29.5 Å². The van der Waals surface area contributed by atoms with Gasteiger partial charge in [0.05, 0.1) is 17.5 Å². The zero-order valence-corrected chi connectivity index (χ0v) is 12.9. The lowest BCUT2D eigenvalue weighted by molar-refractivity contribution is -0.123. The summed E-state index contributed by atoms with van der Waals surface area (Å²) >= 11 is 6.02. The number of aromatic nitrogens is 2. The lowest BCUT2D eigenvalue weighted by atomic mass is 9.82. The third-order valence-corrected chi connectivity index (χ3v) is 4.43. The van der Waals surface area contributed by atoms with Crippen LogP contribution >= 0.6 is 11.6 Å². The topological polar surface area (TPSA) is 78.1 Å². The maximum absolute atomic E-state index is 11.2. The Balaban J connectivity index is 1.66. The molecule has 0 atom stereocenters. The molecule has 0 spiro atoms. The standard InChI is InChI=1S/C16H18ClN3O2/c17-14-8-13-12(2-1-7-19-13)16(20-14)22-9-10-3-5-11(6-4-10)15(18)21/h1-2,7-8,10-11H,3-6,9H2,(H2,18,21)/t10-,11+. The van der Waals surface area contributed by atoms with Gasteiger partial charge in [-0.3, -0.25) is 9.78 Å². The quantitative estimate of drug-likeness (QED) is 0.879. The Labute approximate surface area is 133 Å². The molecule has 116 valence electrons. The van der Waals surface area contributed by atoms with Crippen molar-refractivity contribution >= 4 is 28.4 Å². The second-order valence-electron chi connectivity index (χ2n) is 5.75. The molecule has 1 saturated carbocycles. The van der Waals surface area contributed by atoms with Crippen molar-refractivity contribution in [1.29, 1.82) is 0 Å². The van der Waals surface area contributed by atoms with Crippen LogP contribution in [0, 0.1) is 11.8 Å². The first-order valence-corrected chi connectivity index (χ1v) is 7.84. The summed E-state index contributed by atoms with van der Waals surface area (Å²) in [5.41, 5.74) is 6.13. The molecule has 2 aromatic heterocycles. The van der Waals surface area contributed by atoms with Gasteiger partial charge in [-0.1, -0.05) is 11.6 Å². The van der Waals surface area contributed by atoms with E-state index in [2.05, 4.69) is 9.97 Å². The van der Waals surface area contributed by atoms with E-state index in [0.717, 1.165) is 36.6 Å². The first-order valence-electron chi connectivity index (χ1n) is 7.47. The van der Waals surface area contributed by atoms with E-state index in [-0.39, 0.29) is 11.8 Å². The highest BCUT2D eigenvalue weighted by Gasteiger charge is 2.25. The van der Waals surface area contributed by atoms with Gasteiger partial charge in [-0.25, -0.2) is 4.98 Å². The molecule has 0 aromatic carbocycles. The minimum absolute atomic E-state index is 0.0191. The van der Waals surface area contributed by atoms with Crippen molar-refractivity contribution in [1.82, 2.24) is 9.97 Å². The number of primary amides is 1. The molecule has 0 unspecified atom stereocenters. The fourth-order valence-electron chi connectivity index (χ4n) is 2.94. The molecule has 0 aliphatic heterocycles. The van der Waals surface area contributed by atoms with Crippen LogP contribution in [0.1, 0.15) is 25.7 Å². The molecule has 0 radical (unpaired) electrons. The van der Waals surface area contributed by atoms with Crippen LogP contribution in [-0.4, -0.2) is 22.5 Å². The van der Waals surface area contributed by atoms with E-state index in [1.54, 1.807) is 12.3 Å². The van der Waals surface area contributed by atoms with Crippen molar-refractivity contribution in [2.75, 3.05) is 6.61 Å².